The summed E-state index contributed by atoms with van der Waals surface area (Å²) in [6.45, 7) is 7.58. The number of rotatable bonds is 11. The number of aromatic nitrogens is 2. The van der Waals surface area contributed by atoms with Crippen molar-refractivity contribution in [1.29, 1.82) is 0 Å². The van der Waals surface area contributed by atoms with Crippen LogP contribution in [0.4, 0.5) is 0 Å². The van der Waals surface area contributed by atoms with Gasteiger partial charge in [0, 0.05) is 40.4 Å². The van der Waals surface area contributed by atoms with Crippen LogP contribution in [0.3, 0.4) is 0 Å². The Hall–Kier alpha value is -5.35. The van der Waals surface area contributed by atoms with Gasteiger partial charge in [-0.25, -0.2) is 9.97 Å². The third-order valence-corrected chi connectivity index (χ3v) is 9.37. The van der Waals surface area contributed by atoms with Gasteiger partial charge < -0.3 is 20.5 Å². The Kier molecular flexibility index (Phi) is 10.3. The molecule has 48 heavy (non-hydrogen) atoms. The summed E-state index contributed by atoms with van der Waals surface area (Å²) >= 11 is 1.37. The van der Waals surface area contributed by atoms with Crippen molar-refractivity contribution in [2.45, 2.75) is 51.6 Å². The lowest BCUT2D eigenvalue weighted by atomic mass is 9.95. The summed E-state index contributed by atoms with van der Waals surface area (Å²) in [5.41, 5.74) is 5.36. The molecule has 2 amide bonds. The van der Waals surface area contributed by atoms with E-state index in [9.17, 15) is 19.5 Å². The van der Waals surface area contributed by atoms with E-state index in [0.717, 1.165) is 44.0 Å². The largest absolute Gasteiger partial charge is 0.496 e. The normalized spacial score (nSPS) is 12.5. The Morgan fingerprint density at radius 2 is 1.44 bits per heavy atom. The maximum Gasteiger partial charge on any atom is 0.325 e. The summed E-state index contributed by atoms with van der Waals surface area (Å²) in [5.74, 6) is -0.778. The number of thiophene rings is 1. The number of aliphatic carboxylic acids is 1. The van der Waals surface area contributed by atoms with Gasteiger partial charge in [0.05, 0.1) is 12.0 Å². The molecule has 9 nitrogen and oxygen atoms in total. The SMILES string of the molecule is COc1ccccc1-c1ccc(-c2cnc(-c3ccc(CC(NC(=O)c4ccc(C(C)(C)C)s4)C(=O)NC(C)C(=O)O)cc3)nc2)cc1. The van der Waals surface area contributed by atoms with E-state index >= 15 is 0 Å². The number of carboxylic acids is 1. The van der Waals surface area contributed by atoms with Crippen molar-refractivity contribution in [2.24, 2.45) is 0 Å². The summed E-state index contributed by atoms with van der Waals surface area (Å²) in [7, 11) is 1.66. The number of benzene rings is 3. The molecule has 0 aliphatic rings. The van der Waals surface area contributed by atoms with Crippen molar-refractivity contribution in [3.8, 4) is 39.4 Å². The second kappa shape index (κ2) is 14.6. The van der Waals surface area contributed by atoms with Crippen LogP contribution in [0.5, 0.6) is 5.75 Å². The number of carboxylic acid groups (broad SMARTS) is 1. The Morgan fingerprint density at radius 3 is 2.04 bits per heavy atom. The van der Waals surface area contributed by atoms with E-state index in [2.05, 4.69) is 41.4 Å². The molecule has 0 saturated carbocycles. The van der Waals surface area contributed by atoms with Gasteiger partial charge in [-0.2, -0.15) is 0 Å². The van der Waals surface area contributed by atoms with Gasteiger partial charge in [0.2, 0.25) is 5.91 Å². The molecule has 5 aromatic rings. The molecule has 3 aromatic carbocycles. The molecule has 0 spiro atoms. The first kappa shape index (κ1) is 34.0. The Labute approximate surface area is 284 Å². The van der Waals surface area contributed by atoms with Crippen LogP contribution in [0.2, 0.25) is 0 Å². The monoisotopic (exact) mass is 662 g/mol. The molecule has 0 aliphatic heterocycles. The predicted octanol–water partition coefficient (Wildman–Crippen LogP) is 6.78. The smallest absolute Gasteiger partial charge is 0.325 e. The second-order valence-corrected chi connectivity index (χ2v) is 13.6. The Balaban J connectivity index is 1.29. The van der Waals surface area contributed by atoms with Crippen molar-refractivity contribution >= 4 is 29.1 Å². The average Bonchev–Trinajstić information content (AvgIpc) is 3.60. The molecular formula is C38H38N4O5S. The van der Waals surface area contributed by atoms with Crippen molar-refractivity contribution in [3.05, 3.63) is 113 Å². The maximum atomic E-state index is 13.2. The molecule has 0 aliphatic carbocycles. The molecule has 246 valence electrons. The number of ether oxygens (including phenoxy) is 1. The highest BCUT2D eigenvalue weighted by Crippen LogP contribution is 2.32. The highest BCUT2D eigenvalue weighted by atomic mass is 32.1. The summed E-state index contributed by atoms with van der Waals surface area (Å²) in [4.78, 5) is 48.4. The fraction of sp³-hybridized carbons (Fsp3) is 0.237. The minimum atomic E-state index is -1.17. The van der Waals surface area contributed by atoms with Crippen LogP contribution in [0, 0.1) is 0 Å². The van der Waals surface area contributed by atoms with E-state index in [1.807, 2.05) is 78.9 Å². The standard InChI is InChI=1S/C38H38N4O5S/c1-23(37(45)46)41-35(43)30(42-36(44)32-18-19-33(48-32)38(2,3)4)20-24-10-12-27(13-11-24)34-39-21-28(22-40-34)25-14-16-26(17-15-25)29-8-6-7-9-31(29)47-5/h6-19,21-23,30H,20H2,1-5H3,(H,41,43)(H,42,44)(H,45,46). The van der Waals surface area contributed by atoms with Crippen molar-refractivity contribution < 1.29 is 24.2 Å². The van der Waals surface area contributed by atoms with Crippen LogP contribution in [0.1, 0.15) is 47.8 Å². The van der Waals surface area contributed by atoms with Gasteiger partial charge >= 0.3 is 5.97 Å². The van der Waals surface area contributed by atoms with Crippen LogP contribution in [0.15, 0.2) is 97.3 Å². The average molecular weight is 663 g/mol. The van der Waals surface area contributed by atoms with Gasteiger partial charge in [-0.05, 0) is 47.2 Å². The minimum absolute atomic E-state index is 0.119. The molecule has 5 rings (SSSR count). The third kappa shape index (κ3) is 8.13. The summed E-state index contributed by atoms with van der Waals surface area (Å²) in [6, 6.07) is 25.0. The lowest BCUT2D eigenvalue weighted by molar-refractivity contribution is -0.141. The zero-order valence-corrected chi connectivity index (χ0v) is 28.3. The first-order chi connectivity index (χ1) is 22.9. The fourth-order valence-electron chi connectivity index (χ4n) is 5.05. The van der Waals surface area contributed by atoms with Gasteiger partial charge in [0.15, 0.2) is 5.82 Å². The molecule has 0 bridgehead atoms. The molecule has 0 fully saturated rings. The lowest BCUT2D eigenvalue weighted by Crippen LogP contribution is -2.51. The van der Waals surface area contributed by atoms with Crippen molar-refractivity contribution in [3.63, 3.8) is 0 Å². The van der Waals surface area contributed by atoms with Gasteiger partial charge in [0.25, 0.3) is 5.91 Å². The fourth-order valence-corrected chi connectivity index (χ4v) is 6.02. The molecule has 2 heterocycles. The Morgan fingerprint density at radius 1 is 0.812 bits per heavy atom. The highest BCUT2D eigenvalue weighted by Gasteiger charge is 2.26. The summed E-state index contributed by atoms with van der Waals surface area (Å²) in [5, 5.41) is 14.6. The quantitative estimate of drug-likeness (QED) is 0.142. The molecule has 0 saturated heterocycles. The molecule has 3 N–H and O–H groups in total. The first-order valence-electron chi connectivity index (χ1n) is 15.5. The van der Waals surface area contributed by atoms with E-state index in [1.54, 1.807) is 25.6 Å². The number of methoxy groups -OCH3 is 1. The Bertz CT molecular complexity index is 1900. The lowest BCUT2D eigenvalue weighted by Gasteiger charge is -2.20. The van der Waals surface area contributed by atoms with E-state index in [1.165, 1.54) is 18.3 Å². The number of nitrogens with one attached hydrogen (secondary N) is 2. The third-order valence-electron chi connectivity index (χ3n) is 7.86. The van der Waals surface area contributed by atoms with Crippen molar-refractivity contribution in [1.82, 2.24) is 20.6 Å². The van der Waals surface area contributed by atoms with Crippen LogP contribution in [-0.4, -0.2) is 52.1 Å². The number of carbonyl (C=O) groups excluding carboxylic acids is 2. The summed E-state index contributed by atoms with van der Waals surface area (Å²) in [6.07, 6.45) is 3.72. The zero-order valence-electron chi connectivity index (χ0n) is 27.5. The van der Waals surface area contributed by atoms with Gasteiger partial charge in [-0.1, -0.05) is 87.5 Å². The first-order valence-corrected chi connectivity index (χ1v) is 16.3. The van der Waals surface area contributed by atoms with Crippen LogP contribution in [-0.2, 0) is 21.4 Å². The number of nitrogens with zero attached hydrogens (tertiary/aromatic N) is 2. The molecule has 10 heteroatoms. The topological polar surface area (TPSA) is 131 Å². The maximum absolute atomic E-state index is 13.2. The predicted molar refractivity (Wildman–Crippen MR) is 188 cm³/mol. The molecule has 2 aromatic heterocycles. The second-order valence-electron chi connectivity index (χ2n) is 12.5. The number of para-hydroxylation sites is 1. The van der Waals surface area contributed by atoms with Crippen molar-refractivity contribution in [2.75, 3.05) is 7.11 Å². The minimum Gasteiger partial charge on any atom is -0.496 e. The molecule has 0 radical (unpaired) electrons. The van der Waals surface area contributed by atoms with Crippen LogP contribution < -0.4 is 15.4 Å². The number of hydrogen-bond donors (Lipinski definition) is 3. The number of carbonyl (C=O) groups is 3. The summed E-state index contributed by atoms with van der Waals surface area (Å²) < 4.78 is 5.50. The van der Waals surface area contributed by atoms with E-state index in [4.69, 9.17) is 4.74 Å². The zero-order chi connectivity index (χ0) is 34.4. The van der Waals surface area contributed by atoms with Gasteiger partial charge in [-0.15, -0.1) is 11.3 Å². The number of hydrogen-bond acceptors (Lipinski definition) is 7. The number of amides is 2. The van der Waals surface area contributed by atoms with E-state index in [0.29, 0.717) is 10.7 Å². The molecule has 2 atom stereocenters. The van der Waals surface area contributed by atoms with Gasteiger partial charge in [-0.3, -0.25) is 14.4 Å². The van der Waals surface area contributed by atoms with Crippen LogP contribution in [0.25, 0.3) is 33.6 Å². The van der Waals surface area contributed by atoms with Gasteiger partial charge in [0.1, 0.15) is 17.8 Å². The molecule has 2 unspecified atom stereocenters. The van der Waals surface area contributed by atoms with E-state index in [-0.39, 0.29) is 11.8 Å². The highest BCUT2D eigenvalue weighted by molar-refractivity contribution is 7.14. The van der Waals surface area contributed by atoms with E-state index < -0.39 is 29.9 Å². The van der Waals surface area contributed by atoms with Crippen LogP contribution >= 0.6 is 11.3 Å². The molecular weight excluding hydrogens is 625 g/mol.